The normalized spacial score (nSPS) is 12.9. The van der Waals surface area contributed by atoms with Crippen LogP contribution in [0.25, 0.3) is 0 Å². The topological polar surface area (TPSA) is 59.0 Å². The smallest absolute Gasteiger partial charge is 0.119 e. The summed E-state index contributed by atoms with van der Waals surface area (Å²) in [4.78, 5) is 0. The molecular weight excluding hydrogens is 212 g/mol. The van der Waals surface area contributed by atoms with Gasteiger partial charge in [-0.05, 0) is 23.1 Å². The Morgan fingerprint density at radius 3 is 2.35 bits per heavy atom. The molecule has 1 rings (SSSR count). The van der Waals surface area contributed by atoms with E-state index in [0.29, 0.717) is 13.0 Å². The first-order valence-corrected chi connectivity index (χ1v) is 5.82. The van der Waals surface area contributed by atoms with Crippen LogP contribution in [-0.4, -0.2) is 12.6 Å². The Morgan fingerprint density at radius 2 is 1.88 bits per heavy atom. The predicted molar refractivity (Wildman–Crippen MR) is 68.8 cm³/mol. The number of hydrogen-bond acceptors (Lipinski definition) is 3. The van der Waals surface area contributed by atoms with Gasteiger partial charge in [0.25, 0.3) is 0 Å². The van der Waals surface area contributed by atoms with E-state index in [2.05, 4.69) is 32.9 Å². The minimum Gasteiger partial charge on any atom is -0.493 e. The summed E-state index contributed by atoms with van der Waals surface area (Å²) in [6.45, 7) is 7.00. The van der Waals surface area contributed by atoms with E-state index in [4.69, 9.17) is 15.7 Å². The van der Waals surface area contributed by atoms with Crippen LogP contribution in [0, 0.1) is 11.3 Å². The van der Waals surface area contributed by atoms with Crippen LogP contribution in [-0.2, 0) is 5.41 Å². The van der Waals surface area contributed by atoms with Gasteiger partial charge in [-0.3, -0.25) is 0 Å². The van der Waals surface area contributed by atoms with Crippen LogP contribution >= 0.6 is 0 Å². The fraction of sp³-hybridized carbons (Fsp3) is 0.500. The molecule has 0 aliphatic heterocycles. The van der Waals surface area contributed by atoms with E-state index in [1.807, 2.05) is 18.2 Å². The van der Waals surface area contributed by atoms with Gasteiger partial charge in [0, 0.05) is 6.42 Å². The van der Waals surface area contributed by atoms with Gasteiger partial charge in [0.2, 0.25) is 0 Å². The predicted octanol–water partition coefficient (Wildman–Crippen LogP) is 2.60. The van der Waals surface area contributed by atoms with Crippen molar-refractivity contribution in [2.24, 2.45) is 5.73 Å². The maximum Gasteiger partial charge on any atom is 0.119 e. The average molecular weight is 232 g/mol. The molecule has 1 aromatic rings. The fourth-order valence-electron chi connectivity index (χ4n) is 1.42. The summed E-state index contributed by atoms with van der Waals surface area (Å²) in [6.07, 6.45) is 0.553. The Bertz CT molecular complexity index is 384. The zero-order chi connectivity index (χ0) is 12.9. The summed E-state index contributed by atoms with van der Waals surface area (Å²) in [6, 6.07) is 9.59. The van der Waals surface area contributed by atoms with Gasteiger partial charge in [-0.2, -0.15) is 5.26 Å². The maximum absolute atomic E-state index is 8.53. The van der Waals surface area contributed by atoms with E-state index >= 15 is 0 Å². The van der Waals surface area contributed by atoms with Gasteiger partial charge in [-0.1, -0.05) is 32.9 Å². The first kappa shape index (κ1) is 13.5. The van der Waals surface area contributed by atoms with Crippen LogP contribution in [0.4, 0.5) is 0 Å². The molecule has 0 bridgehead atoms. The number of rotatable bonds is 4. The van der Waals surface area contributed by atoms with Crippen LogP contribution in [0.1, 0.15) is 32.8 Å². The molecule has 3 nitrogen and oxygen atoms in total. The van der Waals surface area contributed by atoms with Crippen molar-refractivity contribution in [3.63, 3.8) is 0 Å². The van der Waals surface area contributed by atoms with Crippen LogP contribution < -0.4 is 10.5 Å². The molecule has 1 unspecified atom stereocenters. The van der Waals surface area contributed by atoms with E-state index in [1.165, 1.54) is 5.56 Å². The van der Waals surface area contributed by atoms with E-state index < -0.39 is 6.04 Å². The average Bonchev–Trinajstić information content (AvgIpc) is 2.28. The van der Waals surface area contributed by atoms with Crippen molar-refractivity contribution in [3.8, 4) is 11.8 Å². The second-order valence-corrected chi connectivity index (χ2v) is 5.15. The Labute approximate surface area is 103 Å². The molecule has 0 aromatic heterocycles. The van der Waals surface area contributed by atoms with Crippen LogP contribution in [0.15, 0.2) is 24.3 Å². The highest BCUT2D eigenvalue weighted by Crippen LogP contribution is 2.24. The minimum absolute atomic E-state index is 0.154. The molecule has 0 saturated carbocycles. The summed E-state index contributed by atoms with van der Waals surface area (Å²) in [5.41, 5.74) is 6.91. The zero-order valence-electron chi connectivity index (χ0n) is 10.7. The summed E-state index contributed by atoms with van der Waals surface area (Å²) in [7, 11) is 0. The third-order valence-corrected chi connectivity index (χ3v) is 2.58. The lowest BCUT2D eigenvalue weighted by Gasteiger charge is -2.19. The third-order valence-electron chi connectivity index (χ3n) is 2.58. The lowest BCUT2D eigenvalue weighted by molar-refractivity contribution is 0.306. The molecule has 17 heavy (non-hydrogen) atoms. The van der Waals surface area contributed by atoms with Crippen molar-refractivity contribution >= 4 is 0 Å². The lowest BCUT2D eigenvalue weighted by Crippen LogP contribution is -2.20. The molecule has 1 aromatic carbocycles. The highest BCUT2D eigenvalue weighted by molar-refractivity contribution is 5.31. The largest absolute Gasteiger partial charge is 0.493 e. The van der Waals surface area contributed by atoms with Crippen molar-refractivity contribution in [2.45, 2.75) is 38.6 Å². The van der Waals surface area contributed by atoms with Gasteiger partial charge in [0.1, 0.15) is 5.75 Å². The van der Waals surface area contributed by atoms with Gasteiger partial charge in [0.15, 0.2) is 0 Å². The number of nitrogens with two attached hydrogens (primary N) is 1. The molecule has 0 radical (unpaired) electrons. The fourth-order valence-corrected chi connectivity index (χ4v) is 1.42. The summed E-state index contributed by atoms with van der Waals surface area (Å²) in [5, 5.41) is 8.53. The first-order chi connectivity index (χ1) is 7.93. The van der Waals surface area contributed by atoms with Crippen LogP contribution in [0.2, 0.25) is 0 Å². The maximum atomic E-state index is 8.53. The molecular formula is C14H20N2O. The molecule has 2 N–H and O–H groups in total. The summed E-state index contributed by atoms with van der Waals surface area (Å²) >= 11 is 0. The second-order valence-electron chi connectivity index (χ2n) is 5.15. The second kappa shape index (κ2) is 5.70. The van der Waals surface area contributed by atoms with Gasteiger partial charge < -0.3 is 10.5 Å². The van der Waals surface area contributed by atoms with Crippen molar-refractivity contribution < 1.29 is 4.74 Å². The number of nitrogens with zero attached hydrogens (tertiary/aromatic N) is 1. The van der Waals surface area contributed by atoms with E-state index in [9.17, 15) is 0 Å². The third kappa shape index (κ3) is 4.46. The zero-order valence-corrected chi connectivity index (χ0v) is 10.7. The van der Waals surface area contributed by atoms with Crippen molar-refractivity contribution in [1.29, 1.82) is 5.26 Å². The van der Waals surface area contributed by atoms with Gasteiger partial charge in [-0.15, -0.1) is 0 Å². The standard InChI is InChI=1S/C14H20N2O/c1-14(2,3)11-4-6-13(7-5-11)17-9-8-12(16)10-15/h4-7,12H,8-9,16H2,1-3H3. The number of ether oxygens (including phenoxy) is 1. The van der Waals surface area contributed by atoms with E-state index in [1.54, 1.807) is 0 Å². The molecule has 92 valence electrons. The number of nitriles is 1. The highest BCUT2D eigenvalue weighted by atomic mass is 16.5. The van der Waals surface area contributed by atoms with Gasteiger partial charge in [0.05, 0.1) is 18.7 Å². The molecule has 0 fully saturated rings. The van der Waals surface area contributed by atoms with Crippen molar-refractivity contribution in [1.82, 2.24) is 0 Å². The van der Waals surface area contributed by atoms with E-state index in [-0.39, 0.29) is 5.41 Å². The lowest BCUT2D eigenvalue weighted by atomic mass is 9.87. The van der Waals surface area contributed by atoms with Gasteiger partial charge >= 0.3 is 0 Å². The Kier molecular flexibility index (Phi) is 4.53. The highest BCUT2D eigenvalue weighted by Gasteiger charge is 2.12. The van der Waals surface area contributed by atoms with E-state index in [0.717, 1.165) is 5.75 Å². The molecule has 0 saturated heterocycles. The number of hydrogen-bond donors (Lipinski definition) is 1. The SMILES string of the molecule is CC(C)(C)c1ccc(OCCC(N)C#N)cc1. The summed E-state index contributed by atoms with van der Waals surface area (Å²) < 4.78 is 5.52. The molecule has 0 aliphatic rings. The molecule has 0 spiro atoms. The number of benzene rings is 1. The first-order valence-electron chi connectivity index (χ1n) is 5.82. The Morgan fingerprint density at radius 1 is 1.29 bits per heavy atom. The van der Waals surface area contributed by atoms with Crippen LogP contribution in [0.3, 0.4) is 0 Å². The molecule has 0 heterocycles. The molecule has 1 atom stereocenters. The molecule has 0 amide bonds. The molecule has 3 heteroatoms. The minimum atomic E-state index is -0.441. The molecule has 0 aliphatic carbocycles. The van der Waals surface area contributed by atoms with Gasteiger partial charge in [-0.25, -0.2) is 0 Å². The Hall–Kier alpha value is -1.53. The van der Waals surface area contributed by atoms with Crippen molar-refractivity contribution in [3.05, 3.63) is 29.8 Å². The summed E-state index contributed by atoms with van der Waals surface area (Å²) in [5.74, 6) is 0.822. The Balaban J connectivity index is 2.50. The van der Waals surface area contributed by atoms with Crippen molar-refractivity contribution in [2.75, 3.05) is 6.61 Å². The van der Waals surface area contributed by atoms with Crippen LogP contribution in [0.5, 0.6) is 5.75 Å². The monoisotopic (exact) mass is 232 g/mol. The quantitative estimate of drug-likeness (QED) is 0.868.